The van der Waals surface area contributed by atoms with Crippen molar-refractivity contribution in [3.63, 3.8) is 0 Å². The standard InChI is InChI=1S/C34H39N5O6/c1-18(2)13-28(34(42)38-21-8-11-25-27(15-21)36-17-35-25)39-26-12-9-22-23(16-29(26)41)24(37-19(3)40)10-7-20-14-30(43-4)32(44-5)33(45-6)31(20)22/h8-9,11-12,14-18,24,28H,7,10,13H2,1-6H3,(H,35,36)(H,37,40)(H,38,42)(H,39,41)/t24-,28-/m0/s1. The maximum Gasteiger partial charge on any atom is 0.246 e. The SMILES string of the molecule is COc1cc2c(c(OC)c1OC)-c1ccc(N[C@@H](CC(C)C)C(=O)Nc3ccc4nc[nH]c4c3)c(=O)cc1[C@@H](NC(C)=O)CC2. The van der Waals surface area contributed by atoms with E-state index in [1.165, 1.54) is 6.92 Å². The van der Waals surface area contributed by atoms with Gasteiger partial charge in [-0.3, -0.25) is 14.4 Å². The Morgan fingerprint density at radius 3 is 2.49 bits per heavy atom. The Hall–Kier alpha value is -5.06. The largest absolute Gasteiger partial charge is 0.493 e. The molecular weight excluding hydrogens is 574 g/mol. The Balaban J connectivity index is 1.59. The summed E-state index contributed by atoms with van der Waals surface area (Å²) in [6.45, 7) is 5.50. The summed E-state index contributed by atoms with van der Waals surface area (Å²) in [6, 6.07) is 11.3. The van der Waals surface area contributed by atoms with Crippen molar-refractivity contribution in [2.45, 2.75) is 52.1 Å². The van der Waals surface area contributed by atoms with E-state index in [0.29, 0.717) is 53.3 Å². The number of benzene rings is 2. The minimum absolute atomic E-state index is 0.162. The van der Waals surface area contributed by atoms with Gasteiger partial charge in [0.05, 0.1) is 50.4 Å². The van der Waals surface area contributed by atoms with E-state index in [1.54, 1.807) is 45.9 Å². The summed E-state index contributed by atoms with van der Waals surface area (Å²) in [5.41, 5.74) is 5.20. The lowest BCUT2D eigenvalue weighted by Gasteiger charge is -2.20. The van der Waals surface area contributed by atoms with Crippen LogP contribution >= 0.6 is 0 Å². The third kappa shape index (κ3) is 6.57. The lowest BCUT2D eigenvalue weighted by molar-refractivity contribution is -0.120. The maximum absolute atomic E-state index is 13.8. The summed E-state index contributed by atoms with van der Waals surface area (Å²) in [5, 5.41) is 9.23. The van der Waals surface area contributed by atoms with Gasteiger partial charge in [-0.2, -0.15) is 0 Å². The van der Waals surface area contributed by atoms with Crippen molar-refractivity contribution in [1.82, 2.24) is 15.3 Å². The van der Waals surface area contributed by atoms with Gasteiger partial charge in [-0.25, -0.2) is 4.98 Å². The fourth-order valence-corrected chi connectivity index (χ4v) is 5.96. The number of hydrogen-bond donors (Lipinski definition) is 4. The number of H-pyrrole nitrogens is 1. The van der Waals surface area contributed by atoms with Crippen LogP contribution < -0.4 is 35.6 Å². The molecule has 4 N–H and O–H groups in total. The van der Waals surface area contributed by atoms with Gasteiger partial charge in [0.15, 0.2) is 11.5 Å². The highest BCUT2D eigenvalue weighted by molar-refractivity contribution is 5.98. The van der Waals surface area contributed by atoms with Gasteiger partial charge in [-0.05, 0) is 78.3 Å². The monoisotopic (exact) mass is 613 g/mol. The highest BCUT2D eigenvalue weighted by Crippen LogP contribution is 2.50. The third-order valence-corrected chi connectivity index (χ3v) is 7.96. The molecule has 236 valence electrons. The number of aryl methyl sites for hydroxylation is 1. The second-order valence-corrected chi connectivity index (χ2v) is 11.5. The van der Waals surface area contributed by atoms with Crippen molar-refractivity contribution in [2.24, 2.45) is 5.92 Å². The molecule has 0 aliphatic heterocycles. The molecule has 0 radical (unpaired) electrons. The molecule has 1 aliphatic rings. The van der Waals surface area contributed by atoms with Crippen molar-refractivity contribution < 1.29 is 23.8 Å². The van der Waals surface area contributed by atoms with Crippen LogP contribution in [0.3, 0.4) is 0 Å². The van der Waals surface area contributed by atoms with Gasteiger partial charge in [0, 0.05) is 18.2 Å². The van der Waals surface area contributed by atoms with Crippen LogP contribution in [0.2, 0.25) is 0 Å². The van der Waals surface area contributed by atoms with E-state index in [1.807, 2.05) is 38.1 Å². The first kappa shape index (κ1) is 31.4. The van der Waals surface area contributed by atoms with Crippen LogP contribution in [0, 0.1) is 5.92 Å². The summed E-state index contributed by atoms with van der Waals surface area (Å²) in [7, 11) is 4.66. The molecular formula is C34H39N5O6. The summed E-state index contributed by atoms with van der Waals surface area (Å²) < 4.78 is 17.2. The van der Waals surface area contributed by atoms with E-state index in [-0.39, 0.29) is 28.8 Å². The first-order valence-corrected chi connectivity index (χ1v) is 14.9. The number of nitrogens with one attached hydrogen (secondary N) is 4. The second-order valence-electron chi connectivity index (χ2n) is 11.5. The molecule has 3 aromatic carbocycles. The predicted molar refractivity (Wildman–Crippen MR) is 174 cm³/mol. The fourth-order valence-electron chi connectivity index (χ4n) is 5.96. The first-order valence-electron chi connectivity index (χ1n) is 14.9. The summed E-state index contributed by atoms with van der Waals surface area (Å²) in [5.74, 6) is 1.10. The molecule has 11 nitrogen and oxygen atoms in total. The number of imidazole rings is 1. The molecule has 45 heavy (non-hydrogen) atoms. The molecule has 0 bridgehead atoms. The Morgan fingerprint density at radius 1 is 1.02 bits per heavy atom. The molecule has 4 aromatic rings. The van der Waals surface area contributed by atoms with E-state index < -0.39 is 12.1 Å². The van der Waals surface area contributed by atoms with Crippen molar-refractivity contribution in [1.29, 1.82) is 0 Å². The van der Waals surface area contributed by atoms with Gasteiger partial charge >= 0.3 is 0 Å². The number of methoxy groups -OCH3 is 3. The van der Waals surface area contributed by atoms with Crippen molar-refractivity contribution >= 4 is 34.2 Å². The van der Waals surface area contributed by atoms with Gasteiger partial charge < -0.3 is 35.1 Å². The van der Waals surface area contributed by atoms with E-state index >= 15 is 0 Å². The second kappa shape index (κ2) is 13.3. The van der Waals surface area contributed by atoms with Gasteiger partial charge in [0.2, 0.25) is 23.0 Å². The molecule has 11 heteroatoms. The Morgan fingerprint density at radius 2 is 1.80 bits per heavy atom. The van der Waals surface area contributed by atoms with E-state index in [0.717, 1.165) is 22.2 Å². The average molecular weight is 614 g/mol. The van der Waals surface area contributed by atoms with Crippen LogP contribution in [0.25, 0.3) is 22.2 Å². The average Bonchev–Trinajstić information content (AvgIpc) is 3.35. The van der Waals surface area contributed by atoms with Gasteiger partial charge in [0.25, 0.3) is 0 Å². The quantitative estimate of drug-likeness (QED) is 0.191. The Bertz CT molecular complexity index is 1800. The number of hydrogen-bond acceptors (Lipinski definition) is 8. The molecule has 2 atom stereocenters. The van der Waals surface area contributed by atoms with Gasteiger partial charge in [-0.1, -0.05) is 19.9 Å². The maximum atomic E-state index is 13.8. The molecule has 0 unspecified atom stereocenters. The van der Waals surface area contributed by atoms with E-state index in [4.69, 9.17) is 14.2 Å². The number of anilines is 2. The zero-order valence-corrected chi connectivity index (χ0v) is 26.4. The lowest BCUT2D eigenvalue weighted by atomic mass is 9.95. The van der Waals surface area contributed by atoms with Crippen LogP contribution in [0.1, 0.15) is 50.8 Å². The van der Waals surface area contributed by atoms with Crippen LogP contribution in [-0.4, -0.2) is 49.2 Å². The smallest absolute Gasteiger partial charge is 0.246 e. The lowest BCUT2D eigenvalue weighted by Crippen LogP contribution is -2.37. The fraction of sp³-hybridized carbons (Fsp3) is 0.353. The molecule has 0 fully saturated rings. The zero-order chi connectivity index (χ0) is 32.2. The molecule has 5 rings (SSSR count). The molecule has 0 spiro atoms. The number of rotatable bonds is 10. The van der Waals surface area contributed by atoms with Crippen LogP contribution in [0.5, 0.6) is 17.2 Å². The number of nitrogens with zero attached hydrogens (tertiary/aromatic N) is 1. The van der Waals surface area contributed by atoms with E-state index in [9.17, 15) is 14.4 Å². The zero-order valence-electron chi connectivity index (χ0n) is 26.4. The minimum Gasteiger partial charge on any atom is -0.493 e. The molecule has 1 aliphatic carbocycles. The van der Waals surface area contributed by atoms with Crippen molar-refractivity contribution in [3.05, 3.63) is 70.1 Å². The Kier molecular flexibility index (Phi) is 9.26. The molecule has 1 heterocycles. The first-order chi connectivity index (χ1) is 21.6. The number of aromatic amines is 1. The van der Waals surface area contributed by atoms with Gasteiger partial charge in [-0.15, -0.1) is 0 Å². The summed E-state index contributed by atoms with van der Waals surface area (Å²) in [4.78, 5) is 47.0. The number of amides is 2. The predicted octanol–water partition coefficient (Wildman–Crippen LogP) is 5.20. The van der Waals surface area contributed by atoms with Crippen molar-refractivity contribution in [2.75, 3.05) is 32.0 Å². The van der Waals surface area contributed by atoms with E-state index in [2.05, 4.69) is 25.9 Å². The van der Waals surface area contributed by atoms with Gasteiger partial charge in [0.1, 0.15) is 6.04 Å². The van der Waals surface area contributed by atoms with Crippen LogP contribution in [0.4, 0.5) is 11.4 Å². The number of carbonyl (C=O) groups is 2. The third-order valence-electron chi connectivity index (χ3n) is 7.96. The molecule has 1 aromatic heterocycles. The summed E-state index contributed by atoms with van der Waals surface area (Å²) >= 11 is 0. The van der Waals surface area contributed by atoms with Crippen molar-refractivity contribution in [3.8, 4) is 28.4 Å². The number of aromatic nitrogens is 2. The number of carbonyl (C=O) groups excluding carboxylic acids is 2. The minimum atomic E-state index is -0.699. The van der Waals surface area contributed by atoms with Crippen LogP contribution in [-0.2, 0) is 16.0 Å². The topological polar surface area (TPSA) is 144 Å². The summed E-state index contributed by atoms with van der Waals surface area (Å²) in [6.07, 6.45) is 3.22. The molecule has 2 amide bonds. The number of fused-ring (bicyclic) bond motifs is 4. The molecule has 0 saturated carbocycles. The number of ether oxygens (including phenoxy) is 3. The normalized spacial score (nSPS) is 14.5. The van der Waals surface area contributed by atoms with Crippen LogP contribution in [0.15, 0.2) is 53.6 Å². The Labute approximate surface area is 261 Å². The molecule has 0 saturated heterocycles. The highest BCUT2D eigenvalue weighted by Gasteiger charge is 2.30. The highest BCUT2D eigenvalue weighted by atomic mass is 16.5.